The third kappa shape index (κ3) is 4.16. The van der Waals surface area contributed by atoms with Crippen molar-refractivity contribution >= 4 is 44.6 Å². The van der Waals surface area contributed by atoms with E-state index in [0.717, 1.165) is 32.6 Å². The number of fused-ring (bicyclic) bond motifs is 2. The molecular formula is C25H27BrN6O3. The first-order valence-electron chi connectivity index (χ1n) is 11.6. The van der Waals surface area contributed by atoms with Gasteiger partial charge in [-0.15, -0.1) is 0 Å². The Kier molecular flexibility index (Phi) is 6.00. The Bertz CT molecular complexity index is 1370. The van der Waals surface area contributed by atoms with Crippen molar-refractivity contribution in [2.24, 2.45) is 0 Å². The lowest BCUT2D eigenvalue weighted by atomic mass is 10.1. The van der Waals surface area contributed by atoms with Gasteiger partial charge in [-0.05, 0) is 38.1 Å². The average molecular weight is 539 g/mol. The van der Waals surface area contributed by atoms with Crippen molar-refractivity contribution in [3.63, 3.8) is 0 Å². The number of amides is 3. The van der Waals surface area contributed by atoms with Crippen LogP contribution in [0, 0.1) is 13.8 Å². The Balaban J connectivity index is 1.39. The molecule has 4 heterocycles. The lowest BCUT2D eigenvalue weighted by Gasteiger charge is -2.38. The minimum atomic E-state index is -0.153. The summed E-state index contributed by atoms with van der Waals surface area (Å²) >= 11 is 3.53. The highest BCUT2D eigenvalue weighted by Crippen LogP contribution is 2.31. The van der Waals surface area contributed by atoms with E-state index in [2.05, 4.69) is 37.4 Å². The van der Waals surface area contributed by atoms with Gasteiger partial charge < -0.3 is 24.3 Å². The van der Waals surface area contributed by atoms with Gasteiger partial charge in [0.1, 0.15) is 12.4 Å². The third-order valence-electron chi connectivity index (χ3n) is 6.91. The van der Waals surface area contributed by atoms with Crippen molar-refractivity contribution in [3.8, 4) is 0 Å². The number of carbonyl (C=O) groups is 3. The molecule has 0 bridgehead atoms. The van der Waals surface area contributed by atoms with E-state index in [4.69, 9.17) is 0 Å². The fraction of sp³-hybridized carbons (Fsp3) is 0.360. The molecule has 2 aliphatic rings. The lowest BCUT2D eigenvalue weighted by molar-refractivity contribution is -0.133. The van der Waals surface area contributed by atoms with Gasteiger partial charge in [-0.1, -0.05) is 22.5 Å². The van der Waals surface area contributed by atoms with Crippen molar-refractivity contribution in [3.05, 3.63) is 64.3 Å². The number of benzene rings is 1. The standard InChI is InChI=1S/C25H27BrN6O3/c1-4-23(34)30-11-18(12-30)28-22(33)14-32-15(2)24(20-9-17(26)5-6-21(20)32)25(35)29-7-8-31-16(3)27-10-19(31)13-29/h4-6,9-10,18H,1,7-8,11-14H2,2-3H3,(H,28,33). The summed E-state index contributed by atoms with van der Waals surface area (Å²) in [6, 6.07) is 5.70. The molecule has 0 atom stereocenters. The quantitative estimate of drug-likeness (QED) is 0.505. The van der Waals surface area contributed by atoms with Crippen molar-refractivity contribution in [2.45, 2.75) is 39.5 Å². The van der Waals surface area contributed by atoms with Crippen LogP contribution in [0.25, 0.3) is 10.9 Å². The van der Waals surface area contributed by atoms with Gasteiger partial charge in [0.2, 0.25) is 11.8 Å². The fourth-order valence-corrected chi connectivity index (χ4v) is 5.36. The molecule has 10 heteroatoms. The zero-order chi connectivity index (χ0) is 24.9. The van der Waals surface area contributed by atoms with Gasteiger partial charge in [0.25, 0.3) is 5.91 Å². The molecule has 0 spiro atoms. The first kappa shape index (κ1) is 23.3. The molecule has 182 valence electrons. The number of likely N-dealkylation sites (tertiary alicyclic amines) is 1. The Morgan fingerprint density at radius 1 is 1.20 bits per heavy atom. The SMILES string of the molecule is C=CC(=O)N1CC(NC(=O)Cn2c(C)c(C(=O)N3CCn4c(cnc4C)C3)c3cc(Br)ccc32)C1. The Morgan fingerprint density at radius 3 is 2.71 bits per heavy atom. The predicted octanol–water partition coefficient (Wildman–Crippen LogP) is 2.39. The molecule has 2 aromatic heterocycles. The summed E-state index contributed by atoms with van der Waals surface area (Å²) in [6.45, 7) is 10.2. The van der Waals surface area contributed by atoms with Gasteiger partial charge in [-0.3, -0.25) is 14.4 Å². The summed E-state index contributed by atoms with van der Waals surface area (Å²) in [6.07, 6.45) is 3.11. The van der Waals surface area contributed by atoms with Gasteiger partial charge >= 0.3 is 0 Å². The molecule has 9 nitrogen and oxygen atoms in total. The smallest absolute Gasteiger partial charge is 0.256 e. The monoisotopic (exact) mass is 538 g/mol. The minimum absolute atomic E-state index is 0.0487. The molecule has 3 amide bonds. The molecule has 0 unspecified atom stereocenters. The van der Waals surface area contributed by atoms with Crippen LogP contribution in [-0.2, 0) is 29.2 Å². The maximum Gasteiger partial charge on any atom is 0.256 e. The summed E-state index contributed by atoms with van der Waals surface area (Å²) in [5, 5.41) is 3.81. The van der Waals surface area contributed by atoms with E-state index in [1.165, 1.54) is 6.08 Å². The van der Waals surface area contributed by atoms with Crippen LogP contribution in [0.2, 0.25) is 0 Å². The minimum Gasteiger partial charge on any atom is -0.348 e. The molecule has 35 heavy (non-hydrogen) atoms. The zero-order valence-corrected chi connectivity index (χ0v) is 21.3. The predicted molar refractivity (Wildman–Crippen MR) is 135 cm³/mol. The van der Waals surface area contributed by atoms with E-state index in [-0.39, 0.29) is 30.3 Å². The first-order valence-corrected chi connectivity index (χ1v) is 12.4. The maximum absolute atomic E-state index is 13.7. The fourth-order valence-electron chi connectivity index (χ4n) is 5.00. The van der Waals surface area contributed by atoms with E-state index in [1.54, 1.807) is 4.90 Å². The van der Waals surface area contributed by atoms with E-state index >= 15 is 0 Å². The van der Waals surface area contributed by atoms with Crippen LogP contribution in [0.3, 0.4) is 0 Å². The number of imidazole rings is 1. The highest BCUT2D eigenvalue weighted by atomic mass is 79.9. The second-order valence-corrected chi connectivity index (χ2v) is 10.0. The van der Waals surface area contributed by atoms with Crippen molar-refractivity contribution < 1.29 is 14.4 Å². The summed E-state index contributed by atoms with van der Waals surface area (Å²) in [5.74, 6) is 0.623. The zero-order valence-electron chi connectivity index (χ0n) is 19.8. The van der Waals surface area contributed by atoms with Gasteiger partial charge in [0.15, 0.2) is 0 Å². The van der Waals surface area contributed by atoms with Crippen LogP contribution < -0.4 is 5.32 Å². The van der Waals surface area contributed by atoms with Crippen LogP contribution in [0.1, 0.15) is 27.6 Å². The van der Waals surface area contributed by atoms with Crippen molar-refractivity contribution in [2.75, 3.05) is 19.6 Å². The first-order chi connectivity index (χ1) is 16.8. The van der Waals surface area contributed by atoms with Crippen LogP contribution in [0.5, 0.6) is 0 Å². The molecule has 1 N–H and O–H groups in total. The number of carbonyl (C=O) groups excluding carboxylic acids is 3. The van der Waals surface area contributed by atoms with Gasteiger partial charge in [-0.2, -0.15) is 0 Å². The number of nitrogens with one attached hydrogen (secondary N) is 1. The van der Waals surface area contributed by atoms with E-state index in [1.807, 2.05) is 47.7 Å². The molecular weight excluding hydrogens is 512 g/mol. The Labute approximate surface area is 211 Å². The third-order valence-corrected chi connectivity index (χ3v) is 7.40. The lowest BCUT2D eigenvalue weighted by Crippen LogP contribution is -2.61. The van der Waals surface area contributed by atoms with Crippen LogP contribution in [-0.4, -0.2) is 67.3 Å². The molecule has 0 saturated carbocycles. The van der Waals surface area contributed by atoms with Gasteiger partial charge in [-0.25, -0.2) is 4.98 Å². The molecule has 3 aromatic rings. The van der Waals surface area contributed by atoms with Crippen LogP contribution in [0.15, 0.2) is 41.5 Å². The molecule has 5 rings (SSSR count). The van der Waals surface area contributed by atoms with Crippen LogP contribution in [0.4, 0.5) is 0 Å². The van der Waals surface area contributed by atoms with Crippen molar-refractivity contribution in [1.82, 2.24) is 29.2 Å². The number of hydrogen-bond acceptors (Lipinski definition) is 4. The average Bonchev–Trinajstić information content (AvgIpc) is 3.31. The second kappa shape index (κ2) is 8.99. The maximum atomic E-state index is 13.7. The highest BCUT2D eigenvalue weighted by Gasteiger charge is 2.31. The molecule has 1 fully saturated rings. The van der Waals surface area contributed by atoms with Gasteiger partial charge in [0, 0.05) is 47.2 Å². The van der Waals surface area contributed by atoms with E-state index in [9.17, 15) is 14.4 Å². The number of hydrogen-bond donors (Lipinski definition) is 1. The highest BCUT2D eigenvalue weighted by molar-refractivity contribution is 9.10. The molecule has 1 aromatic carbocycles. The summed E-state index contributed by atoms with van der Waals surface area (Å²) in [5.41, 5.74) is 3.23. The molecule has 0 aliphatic carbocycles. The molecule has 0 radical (unpaired) electrons. The van der Waals surface area contributed by atoms with Crippen molar-refractivity contribution in [1.29, 1.82) is 0 Å². The van der Waals surface area contributed by atoms with Gasteiger partial charge in [0.05, 0.1) is 30.0 Å². The number of aromatic nitrogens is 3. The second-order valence-electron chi connectivity index (χ2n) is 9.09. The van der Waals surface area contributed by atoms with Crippen LogP contribution >= 0.6 is 15.9 Å². The largest absolute Gasteiger partial charge is 0.348 e. The number of aryl methyl sites for hydroxylation is 1. The topological polar surface area (TPSA) is 92.5 Å². The number of nitrogens with zero attached hydrogens (tertiary/aromatic N) is 5. The van der Waals surface area contributed by atoms with E-state index < -0.39 is 0 Å². The Hall–Kier alpha value is -3.40. The number of rotatable bonds is 5. The molecule has 2 aliphatic heterocycles. The summed E-state index contributed by atoms with van der Waals surface area (Å²) < 4.78 is 4.91. The normalized spacial score (nSPS) is 15.6. The Morgan fingerprint density at radius 2 is 1.97 bits per heavy atom. The number of halogens is 1. The summed E-state index contributed by atoms with van der Waals surface area (Å²) in [7, 11) is 0. The molecule has 1 saturated heterocycles. The summed E-state index contributed by atoms with van der Waals surface area (Å²) in [4.78, 5) is 46.1. The van der Waals surface area contributed by atoms with E-state index in [0.29, 0.717) is 38.3 Å².